The first-order valence-corrected chi connectivity index (χ1v) is 10.6. The number of likely N-dealkylation sites (tertiary alicyclic amines) is 1. The molecule has 1 amide bonds. The Bertz CT molecular complexity index is 791. The van der Waals surface area contributed by atoms with Crippen molar-refractivity contribution in [1.29, 1.82) is 0 Å². The summed E-state index contributed by atoms with van der Waals surface area (Å²) in [5, 5.41) is 11.6. The first-order chi connectivity index (χ1) is 13.1. The Labute approximate surface area is 168 Å². The molecule has 1 saturated heterocycles. The van der Waals surface area contributed by atoms with Crippen LogP contribution in [0.2, 0.25) is 0 Å². The van der Waals surface area contributed by atoms with E-state index in [1.807, 2.05) is 28.9 Å². The van der Waals surface area contributed by atoms with Gasteiger partial charge >= 0.3 is 0 Å². The summed E-state index contributed by atoms with van der Waals surface area (Å²) in [6.45, 7) is 3.03. The van der Waals surface area contributed by atoms with Crippen LogP contribution in [0.15, 0.2) is 28.7 Å². The molecule has 0 bridgehead atoms. The summed E-state index contributed by atoms with van der Waals surface area (Å²) >= 11 is 3.46. The van der Waals surface area contributed by atoms with Crippen molar-refractivity contribution < 1.29 is 4.79 Å². The molecule has 2 heterocycles. The zero-order chi connectivity index (χ0) is 18.8. The highest BCUT2D eigenvalue weighted by Gasteiger charge is 2.34. The van der Waals surface area contributed by atoms with Crippen molar-refractivity contribution in [2.45, 2.75) is 38.0 Å². The van der Waals surface area contributed by atoms with Crippen LogP contribution in [-0.4, -0.2) is 52.5 Å². The number of amides is 1. The molecule has 7 heteroatoms. The van der Waals surface area contributed by atoms with Crippen LogP contribution in [0.25, 0.3) is 5.69 Å². The molecule has 2 fully saturated rings. The van der Waals surface area contributed by atoms with Crippen LogP contribution in [0.3, 0.4) is 0 Å². The van der Waals surface area contributed by atoms with E-state index >= 15 is 0 Å². The maximum atomic E-state index is 12.7. The number of hydrogen-bond acceptors (Lipinski definition) is 4. The molecule has 4 rings (SSSR count). The normalized spacial score (nSPS) is 18.6. The number of piperidine rings is 1. The largest absolute Gasteiger partial charge is 0.351 e. The Morgan fingerprint density at radius 1 is 1.19 bits per heavy atom. The summed E-state index contributed by atoms with van der Waals surface area (Å²) in [5.41, 5.74) is 2.39. The van der Waals surface area contributed by atoms with Gasteiger partial charge in [-0.2, -0.15) is 0 Å². The molecule has 1 aliphatic carbocycles. The van der Waals surface area contributed by atoms with E-state index in [9.17, 15) is 4.79 Å². The minimum Gasteiger partial charge on any atom is -0.351 e. The molecule has 2 aliphatic rings. The summed E-state index contributed by atoms with van der Waals surface area (Å²) in [6.07, 6.45) is 5.68. The number of aromatic nitrogens is 3. The van der Waals surface area contributed by atoms with Gasteiger partial charge in [-0.15, -0.1) is 5.10 Å². The van der Waals surface area contributed by atoms with Crippen molar-refractivity contribution in [3.63, 3.8) is 0 Å². The molecule has 1 aromatic carbocycles. The summed E-state index contributed by atoms with van der Waals surface area (Å²) in [7, 11) is 2.17. The van der Waals surface area contributed by atoms with Crippen molar-refractivity contribution in [1.82, 2.24) is 25.2 Å². The molecule has 1 aliphatic heterocycles. The van der Waals surface area contributed by atoms with E-state index in [-0.39, 0.29) is 5.91 Å². The topological polar surface area (TPSA) is 63.1 Å². The molecule has 0 unspecified atom stereocenters. The van der Waals surface area contributed by atoms with Crippen molar-refractivity contribution >= 4 is 21.8 Å². The number of hydrogen-bond donors (Lipinski definition) is 1. The highest BCUT2D eigenvalue weighted by Crippen LogP contribution is 2.42. The summed E-state index contributed by atoms with van der Waals surface area (Å²) in [6, 6.07) is 7.95. The maximum Gasteiger partial charge on any atom is 0.273 e. The zero-order valence-corrected chi connectivity index (χ0v) is 17.3. The van der Waals surface area contributed by atoms with Gasteiger partial charge < -0.3 is 10.2 Å². The second kappa shape index (κ2) is 8.10. The van der Waals surface area contributed by atoms with Crippen LogP contribution in [0.1, 0.15) is 54.2 Å². The Morgan fingerprint density at radius 3 is 2.56 bits per heavy atom. The highest BCUT2D eigenvalue weighted by molar-refractivity contribution is 9.10. The third-order valence-electron chi connectivity index (χ3n) is 5.63. The number of nitrogens with zero attached hydrogens (tertiary/aromatic N) is 4. The van der Waals surface area contributed by atoms with E-state index in [1.165, 1.54) is 12.8 Å². The Morgan fingerprint density at radius 2 is 1.89 bits per heavy atom. The fraction of sp³-hybridized carbons (Fsp3) is 0.550. The minimum absolute atomic E-state index is 0.0896. The Balaban J connectivity index is 1.42. The summed E-state index contributed by atoms with van der Waals surface area (Å²) < 4.78 is 2.85. The van der Waals surface area contributed by atoms with Crippen LogP contribution >= 0.6 is 15.9 Å². The molecule has 6 nitrogen and oxygen atoms in total. The second-order valence-electron chi connectivity index (χ2n) is 7.78. The molecule has 144 valence electrons. The molecule has 2 aromatic rings. The standard InChI is InChI=1S/C20H26BrN5O/c1-25-12-9-14(10-13-25)8-11-22-20(27)18-19(15-2-3-15)26(24-23-18)17-6-4-16(21)5-7-17/h4-7,14-15H,2-3,8-13H2,1H3,(H,22,27). The lowest BCUT2D eigenvalue weighted by Gasteiger charge is -2.28. The lowest BCUT2D eigenvalue weighted by atomic mass is 9.94. The van der Waals surface area contributed by atoms with Gasteiger partial charge in [-0.1, -0.05) is 21.1 Å². The van der Waals surface area contributed by atoms with Gasteiger partial charge in [0.1, 0.15) is 0 Å². The first kappa shape index (κ1) is 18.6. The summed E-state index contributed by atoms with van der Waals surface area (Å²) in [5.74, 6) is 1.01. The average Bonchev–Trinajstić information content (AvgIpc) is 3.42. The minimum atomic E-state index is -0.0896. The molecule has 1 N–H and O–H groups in total. The maximum absolute atomic E-state index is 12.7. The van der Waals surface area contributed by atoms with E-state index in [4.69, 9.17) is 0 Å². The lowest BCUT2D eigenvalue weighted by molar-refractivity contribution is 0.0943. The van der Waals surface area contributed by atoms with Crippen LogP contribution in [-0.2, 0) is 0 Å². The number of nitrogens with one attached hydrogen (secondary N) is 1. The fourth-order valence-electron chi connectivity index (χ4n) is 3.77. The van der Waals surface area contributed by atoms with Crippen LogP contribution in [0.5, 0.6) is 0 Å². The molecule has 1 saturated carbocycles. The van der Waals surface area contributed by atoms with Gasteiger partial charge in [-0.25, -0.2) is 4.68 Å². The van der Waals surface area contributed by atoms with Gasteiger partial charge in [-0.05, 0) is 82.4 Å². The number of carbonyl (C=O) groups excluding carboxylic acids is 1. The number of benzene rings is 1. The van der Waals surface area contributed by atoms with E-state index in [1.54, 1.807) is 0 Å². The fourth-order valence-corrected chi connectivity index (χ4v) is 4.04. The van der Waals surface area contributed by atoms with Crippen LogP contribution < -0.4 is 5.32 Å². The Kier molecular flexibility index (Phi) is 5.59. The molecular formula is C20H26BrN5O. The zero-order valence-electron chi connectivity index (χ0n) is 15.7. The Hall–Kier alpha value is -1.73. The van der Waals surface area contributed by atoms with Gasteiger partial charge in [0.15, 0.2) is 5.69 Å². The summed E-state index contributed by atoms with van der Waals surface area (Å²) in [4.78, 5) is 15.1. The first-order valence-electron chi connectivity index (χ1n) is 9.80. The van der Waals surface area contributed by atoms with Crippen LogP contribution in [0.4, 0.5) is 0 Å². The van der Waals surface area contributed by atoms with Gasteiger partial charge in [0.25, 0.3) is 5.91 Å². The van der Waals surface area contributed by atoms with Crippen molar-refractivity contribution in [2.75, 3.05) is 26.7 Å². The smallest absolute Gasteiger partial charge is 0.273 e. The number of carbonyl (C=O) groups is 1. The third kappa shape index (κ3) is 4.41. The SMILES string of the molecule is CN1CCC(CCNC(=O)c2nnn(-c3ccc(Br)cc3)c2C2CC2)CC1. The average molecular weight is 432 g/mol. The second-order valence-corrected chi connectivity index (χ2v) is 8.69. The van der Waals surface area contributed by atoms with Gasteiger partial charge in [0.05, 0.1) is 11.4 Å². The monoisotopic (exact) mass is 431 g/mol. The predicted octanol–water partition coefficient (Wildman–Crippen LogP) is 3.37. The van der Waals surface area contributed by atoms with Gasteiger partial charge in [0, 0.05) is 16.9 Å². The van der Waals surface area contributed by atoms with Crippen molar-refractivity contribution in [3.05, 3.63) is 40.1 Å². The van der Waals surface area contributed by atoms with E-state index in [0.717, 1.165) is 48.2 Å². The molecule has 0 atom stereocenters. The predicted molar refractivity (Wildman–Crippen MR) is 108 cm³/mol. The number of halogens is 1. The van der Waals surface area contributed by atoms with E-state index < -0.39 is 0 Å². The molecule has 27 heavy (non-hydrogen) atoms. The quantitative estimate of drug-likeness (QED) is 0.761. The molecule has 0 spiro atoms. The third-order valence-corrected chi connectivity index (χ3v) is 6.16. The number of rotatable bonds is 6. The lowest BCUT2D eigenvalue weighted by Crippen LogP contribution is -2.33. The van der Waals surface area contributed by atoms with Crippen molar-refractivity contribution in [3.8, 4) is 5.69 Å². The molecular weight excluding hydrogens is 406 g/mol. The molecule has 0 radical (unpaired) electrons. The van der Waals surface area contributed by atoms with E-state index in [0.29, 0.717) is 24.1 Å². The van der Waals surface area contributed by atoms with E-state index in [2.05, 4.69) is 43.5 Å². The van der Waals surface area contributed by atoms with Gasteiger partial charge in [-0.3, -0.25) is 4.79 Å². The van der Waals surface area contributed by atoms with Crippen LogP contribution in [0, 0.1) is 5.92 Å². The highest BCUT2D eigenvalue weighted by atomic mass is 79.9. The molecule has 1 aromatic heterocycles. The van der Waals surface area contributed by atoms with Crippen molar-refractivity contribution in [2.24, 2.45) is 5.92 Å². The van der Waals surface area contributed by atoms with Gasteiger partial charge in [0.2, 0.25) is 0 Å².